The lowest BCUT2D eigenvalue weighted by atomic mass is 10.1. The second-order valence-electron chi connectivity index (χ2n) is 7.82. The summed E-state index contributed by atoms with van der Waals surface area (Å²) >= 11 is 0. The van der Waals surface area contributed by atoms with Crippen LogP contribution in [0, 0.1) is 0 Å². The maximum absolute atomic E-state index is 12.2. The van der Waals surface area contributed by atoms with Gasteiger partial charge in [0, 0.05) is 24.8 Å². The van der Waals surface area contributed by atoms with Crippen LogP contribution in [0.5, 0.6) is 5.75 Å². The van der Waals surface area contributed by atoms with Crippen LogP contribution in [0.4, 0.5) is 0 Å². The van der Waals surface area contributed by atoms with Gasteiger partial charge in [0.2, 0.25) is 5.91 Å². The van der Waals surface area contributed by atoms with Gasteiger partial charge in [0.25, 0.3) is 5.91 Å². The average Bonchev–Trinajstić information content (AvgIpc) is 3.29. The van der Waals surface area contributed by atoms with E-state index in [1.54, 1.807) is 15.8 Å². The van der Waals surface area contributed by atoms with E-state index in [9.17, 15) is 9.59 Å². The Hall–Kier alpha value is -3.87. The maximum atomic E-state index is 12.2. The van der Waals surface area contributed by atoms with Crippen molar-refractivity contribution in [2.45, 2.75) is 25.5 Å². The first kappa shape index (κ1) is 21.4. The number of likely N-dealkylation sites (tertiary alicyclic amines) is 1. The van der Waals surface area contributed by atoms with E-state index in [0.717, 1.165) is 24.0 Å². The van der Waals surface area contributed by atoms with Gasteiger partial charge in [0.1, 0.15) is 18.1 Å². The molecular formula is C25H26N4O3. The van der Waals surface area contributed by atoms with Crippen LogP contribution in [-0.4, -0.2) is 39.6 Å². The van der Waals surface area contributed by atoms with Crippen LogP contribution in [0.1, 0.15) is 34.8 Å². The Morgan fingerprint density at radius 3 is 2.75 bits per heavy atom. The Balaban J connectivity index is 1.58. The Kier molecular flexibility index (Phi) is 6.35. The summed E-state index contributed by atoms with van der Waals surface area (Å²) in [5.74, 6) is 0.0360. The standard InChI is InChI=1S/C25H26N4O3/c1-2-23(30)28-13-7-11-20(15-28)29-16-22(25(26)31)24(27-29)19-10-6-12-21(14-19)32-17-18-8-4-3-5-9-18/h2-6,8-10,12,14,16,20H,1,7,11,13,15,17H2,(H2,26,31)/t20-/m1/s1. The largest absolute Gasteiger partial charge is 0.489 e. The molecule has 2 heterocycles. The molecule has 1 aromatic heterocycles. The van der Waals surface area contributed by atoms with Gasteiger partial charge >= 0.3 is 0 Å². The minimum atomic E-state index is -0.545. The summed E-state index contributed by atoms with van der Waals surface area (Å²) in [5.41, 5.74) is 8.33. The molecule has 2 N–H and O–H groups in total. The van der Waals surface area contributed by atoms with Crippen LogP contribution in [0.15, 0.2) is 73.4 Å². The number of piperidine rings is 1. The molecule has 1 aliphatic rings. The molecule has 3 aromatic rings. The lowest BCUT2D eigenvalue weighted by molar-refractivity contribution is -0.127. The number of benzene rings is 2. The highest BCUT2D eigenvalue weighted by Gasteiger charge is 2.26. The zero-order chi connectivity index (χ0) is 22.5. The zero-order valence-electron chi connectivity index (χ0n) is 17.8. The normalized spacial score (nSPS) is 15.9. The van der Waals surface area contributed by atoms with Crippen LogP contribution in [0.25, 0.3) is 11.3 Å². The lowest BCUT2D eigenvalue weighted by Gasteiger charge is -2.32. The van der Waals surface area contributed by atoms with Crippen LogP contribution < -0.4 is 10.5 Å². The predicted molar refractivity (Wildman–Crippen MR) is 122 cm³/mol. The molecule has 1 saturated heterocycles. The van der Waals surface area contributed by atoms with E-state index in [1.165, 1.54) is 6.08 Å². The van der Waals surface area contributed by atoms with Crippen molar-refractivity contribution in [3.63, 3.8) is 0 Å². The molecule has 164 valence electrons. The number of nitrogens with two attached hydrogens (primary N) is 1. The maximum Gasteiger partial charge on any atom is 0.252 e. The molecule has 2 aromatic carbocycles. The molecule has 32 heavy (non-hydrogen) atoms. The molecule has 1 atom stereocenters. The molecule has 1 aliphatic heterocycles. The second-order valence-corrected chi connectivity index (χ2v) is 7.82. The van der Waals surface area contributed by atoms with Gasteiger partial charge in [-0.15, -0.1) is 0 Å². The third-order valence-corrected chi connectivity index (χ3v) is 5.61. The molecule has 0 spiro atoms. The van der Waals surface area contributed by atoms with E-state index in [0.29, 0.717) is 36.7 Å². The quantitative estimate of drug-likeness (QED) is 0.580. The first-order valence-electron chi connectivity index (χ1n) is 10.6. The van der Waals surface area contributed by atoms with E-state index >= 15 is 0 Å². The minimum absolute atomic E-state index is 0.0305. The number of nitrogens with zero attached hydrogens (tertiary/aromatic N) is 3. The summed E-state index contributed by atoms with van der Waals surface area (Å²) in [7, 11) is 0. The minimum Gasteiger partial charge on any atom is -0.489 e. The molecule has 0 bridgehead atoms. The monoisotopic (exact) mass is 430 g/mol. The Labute approximate surface area is 187 Å². The van der Waals surface area contributed by atoms with Crippen LogP contribution in [0.3, 0.4) is 0 Å². The van der Waals surface area contributed by atoms with Gasteiger partial charge in [-0.25, -0.2) is 0 Å². The number of carbonyl (C=O) groups is 2. The molecule has 1 fully saturated rings. The molecule has 0 unspecified atom stereocenters. The SMILES string of the molecule is C=CC(=O)N1CCC[C@@H](n2cc(C(N)=O)c(-c3cccc(OCc4ccccc4)c3)n2)C1. The topological polar surface area (TPSA) is 90.5 Å². The summed E-state index contributed by atoms with van der Waals surface area (Å²) in [6, 6.07) is 17.3. The van der Waals surface area contributed by atoms with Crippen LogP contribution in [-0.2, 0) is 11.4 Å². The van der Waals surface area contributed by atoms with E-state index in [1.807, 2.05) is 54.6 Å². The zero-order valence-corrected chi connectivity index (χ0v) is 17.8. The fourth-order valence-electron chi connectivity index (χ4n) is 3.95. The first-order valence-corrected chi connectivity index (χ1v) is 10.6. The van der Waals surface area contributed by atoms with Gasteiger partial charge in [-0.1, -0.05) is 49.0 Å². The number of hydrogen-bond donors (Lipinski definition) is 1. The summed E-state index contributed by atoms with van der Waals surface area (Å²) < 4.78 is 7.69. The Bertz CT molecular complexity index is 1120. The van der Waals surface area contributed by atoms with E-state index < -0.39 is 5.91 Å². The van der Waals surface area contributed by atoms with E-state index in [4.69, 9.17) is 15.6 Å². The second kappa shape index (κ2) is 9.51. The van der Waals surface area contributed by atoms with Gasteiger partial charge in [-0.3, -0.25) is 14.3 Å². The number of aromatic nitrogens is 2. The number of carbonyl (C=O) groups excluding carboxylic acids is 2. The number of hydrogen-bond acceptors (Lipinski definition) is 4. The highest BCUT2D eigenvalue weighted by Crippen LogP contribution is 2.29. The molecule has 0 radical (unpaired) electrons. The van der Waals surface area contributed by atoms with Gasteiger partial charge in [0.15, 0.2) is 0 Å². The summed E-state index contributed by atoms with van der Waals surface area (Å²) in [4.78, 5) is 26.0. The smallest absolute Gasteiger partial charge is 0.252 e. The van der Waals surface area contributed by atoms with Crippen molar-refractivity contribution in [2.75, 3.05) is 13.1 Å². The average molecular weight is 431 g/mol. The van der Waals surface area contributed by atoms with Gasteiger partial charge in [-0.2, -0.15) is 5.10 Å². The Morgan fingerprint density at radius 1 is 1.19 bits per heavy atom. The van der Waals surface area contributed by atoms with Crippen molar-refractivity contribution in [1.29, 1.82) is 0 Å². The fourth-order valence-corrected chi connectivity index (χ4v) is 3.95. The summed E-state index contributed by atoms with van der Waals surface area (Å²) in [5, 5.41) is 4.70. The van der Waals surface area contributed by atoms with Crippen molar-refractivity contribution in [3.8, 4) is 17.0 Å². The number of primary amides is 1. The van der Waals surface area contributed by atoms with Crippen molar-refractivity contribution in [2.24, 2.45) is 5.73 Å². The van der Waals surface area contributed by atoms with Gasteiger partial charge < -0.3 is 15.4 Å². The van der Waals surface area contributed by atoms with Gasteiger partial charge in [-0.05, 0) is 36.6 Å². The highest BCUT2D eigenvalue weighted by molar-refractivity contribution is 5.98. The van der Waals surface area contributed by atoms with Gasteiger partial charge in [0.05, 0.1) is 11.6 Å². The molecule has 0 aliphatic carbocycles. The summed E-state index contributed by atoms with van der Waals surface area (Å²) in [6.07, 6.45) is 4.73. The molecule has 7 heteroatoms. The van der Waals surface area contributed by atoms with Crippen molar-refractivity contribution in [3.05, 3.63) is 84.6 Å². The molecular weight excluding hydrogens is 404 g/mol. The molecule has 4 rings (SSSR count). The predicted octanol–water partition coefficient (Wildman–Crippen LogP) is 3.58. The lowest BCUT2D eigenvalue weighted by Crippen LogP contribution is -2.40. The number of rotatable bonds is 7. The first-order chi connectivity index (χ1) is 15.5. The fraction of sp³-hybridized carbons (Fsp3) is 0.240. The van der Waals surface area contributed by atoms with Crippen LogP contribution in [0.2, 0.25) is 0 Å². The van der Waals surface area contributed by atoms with Crippen LogP contribution >= 0.6 is 0 Å². The number of ether oxygens (including phenoxy) is 1. The van der Waals surface area contributed by atoms with Crippen molar-refractivity contribution < 1.29 is 14.3 Å². The van der Waals surface area contributed by atoms with Crippen molar-refractivity contribution >= 4 is 11.8 Å². The third-order valence-electron chi connectivity index (χ3n) is 5.61. The van der Waals surface area contributed by atoms with E-state index in [2.05, 4.69) is 6.58 Å². The van der Waals surface area contributed by atoms with Crippen molar-refractivity contribution in [1.82, 2.24) is 14.7 Å². The molecule has 2 amide bonds. The molecule has 0 saturated carbocycles. The number of amides is 2. The van der Waals surface area contributed by atoms with E-state index in [-0.39, 0.29) is 11.9 Å². The summed E-state index contributed by atoms with van der Waals surface area (Å²) in [6.45, 7) is 5.22. The Morgan fingerprint density at radius 2 is 2.00 bits per heavy atom. The molecule has 7 nitrogen and oxygen atoms in total. The highest BCUT2D eigenvalue weighted by atomic mass is 16.5. The third kappa shape index (κ3) is 4.72.